The number of nitrogens with one attached hydrogen (secondary N) is 1. The third kappa shape index (κ3) is 4.02. The van der Waals surface area contributed by atoms with Crippen LogP contribution in [0.3, 0.4) is 0 Å². The lowest BCUT2D eigenvalue weighted by Gasteiger charge is -2.12. The molecular formula is C13H21NO. The molecule has 2 N–H and O–H groups in total. The fraction of sp³-hybridized carbons (Fsp3) is 0.538. The highest BCUT2D eigenvalue weighted by atomic mass is 16.3. The molecule has 0 aliphatic carbocycles. The van der Waals surface area contributed by atoms with Gasteiger partial charge >= 0.3 is 0 Å². The molecule has 0 aliphatic rings. The number of benzene rings is 1. The predicted molar refractivity (Wildman–Crippen MR) is 63.6 cm³/mol. The molecule has 0 radical (unpaired) electrons. The molecule has 1 aromatic carbocycles. The SMILES string of the molecule is CCNC(O)c1ccc(CC(C)C)cc1. The quantitative estimate of drug-likeness (QED) is 0.727. The summed E-state index contributed by atoms with van der Waals surface area (Å²) in [5, 5.41) is 12.7. The topological polar surface area (TPSA) is 32.3 Å². The number of aliphatic hydroxyl groups excluding tert-OH is 1. The molecule has 2 heteroatoms. The summed E-state index contributed by atoms with van der Waals surface area (Å²) in [4.78, 5) is 0. The molecule has 0 aromatic heterocycles. The van der Waals surface area contributed by atoms with E-state index in [4.69, 9.17) is 0 Å². The smallest absolute Gasteiger partial charge is 0.131 e. The molecule has 1 atom stereocenters. The Kier molecular flexibility index (Phi) is 4.79. The second-order valence-electron chi connectivity index (χ2n) is 4.30. The van der Waals surface area contributed by atoms with E-state index >= 15 is 0 Å². The fourth-order valence-corrected chi connectivity index (χ4v) is 1.62. The van der Waals surface area contributed by atoms with E-state index < -0.39 is 6.23 Å². The predicted octanol–water partition coefficient (Wildman–Crippen LogP) is 2.49. The van der Waals surface area contributed by atoms with Crippen molar-refractivity contribution in [2.45, 2.75) is 33.4 Å². The zero-order chi connectivity index (χ0) is 11.3. The second kappa shape index (κ2) is 5.89. The monoisotopic (exact) mass is 207 g/mol. The molecule has 1 unspecified atom stereocenters. The standard InChI is InChI=1S/C13H21NO/c1-4-14-13(15)12-7-5-11(6-8-12)9-10(2)3/h5-8,10,13-15H,4,9H2,1-3H3. The Hall–Kier alpha value is -0.860. The van der Waals surface area contributed by atoms with Gasteiger partial charge in [0.15, 0.2) is 0 Å². The van der Waals surface area contributed by atoms with Crippen LogP contribution in [0.5, 0.6) is 0 Å². The zero-order valence-corrected chi connectivity index (χ0v) is 9.83. The minimum atomic E-state index is -0.539. The van der Waals surface area contributed by atoms with Gasteiger partial charge in [-0.1, -0.05) is 45.0 Å². The van der Waals surface area contributed by atoms with E-state index in [9.17, 15) is 5.11 Å². The third-order valence-corrected chi connectivity index (χ3v) is 2.34. The van der Waals surface area contributed by atoms with Crippen molar-refractivity contribution in [2.75, 3.05) is 6.54 Å². The van der Waals surface area contributed by atoms with E-state index in [-0.39, 0.29) is 0 Å². The molecule has 0 spiro atoms. The number of hydrogen-bond donors (Lipinski definition) is 2. The molecular weight excluding hydrogens is 186 g/mol. The van der Waals surface area contributed by atoms with Crippen molar-refractivity contribution >= 4 is 0 Å². The number of rotatable bonds is 5. The summed E-state index contributed by atoms with van der Waals surface area (Å²) in [5.41, 5.74) is 2.27. The summed E-state index contributed by atoms with van der Waals surface area (Å²) < 4.78 is 0. The molecule has 0 saturated heterocycles. The summed E-state index contributed by atoms with van der Waals surface area (Å²) in [6, 6.07) is 8.17. The van der Waals surface area contributed by atoms with Gasteiger partial charge in [-0.25, -0.2) is 0 Å². The number of aliphatic hydroxyl groups is 1. The van der Waals surface area contributed by atoms with E-state index in [1.165, 1.54) is 5.56 Å². The van der Waals surface area contributed by atoms with Crippen molar-refractivity contribution in [3.63, 3.8) is 0 Å². The van der Waals surface area contributed by atoms with Gasteiger partial charge in [0.2, 0.25) is 0 Å². The lowest BCUT2D eigenvalue weighted by atomic mass is 10.0. The van der Waals surface area contributed by atoms with Gasteiger partial charge in [0.25, 0.3) is 0 Å². The molecule has 0 saturated carbocycles. The van der Waals surface area contributed by atoms with Crippen LogP contribution >= 0.6 is 0 Å². The van der Waals surface area contributed by atoms with Crippen LogP contribution in [0, 0.1) is 5.92 Å². The van der Waals surface area contributed by atoms with Crippen molar-refractivity contribution in [1.29, 1.82) is 0 Å². The van der Waals surface area contributed by atoms with Gasteiger partial charge in [-0.15, -0.1) is 0 Å². The number of hydrogen-bond acceptors (Lipinski definition) is 2. The molecule has 15 heavy (non-hydrogen) atoms. The molecule has 1 aromatic rings. The molecule has 0 fully saturated rings. The molecule has 2 nitrogen and oxygen atoms in total. The summed E-state index contributed by atoms with van der Waals surface area (Å²) in [6.07, 6.45) is 0.556. The Morgan fingerprint density at radius 2 is 1.80 bits per heavy atom. The van der Waals surface area contributed by atoms with Crippen molar-refractivity contribution < 1.29 is 5.11 Å². The van der Waals surface area contributed by atoms with Gasteiger partial charge in [0, 0.05) is 0 Å². The molecule has 0 heterocycles. The Bertz CT molecular complexity index is 279. The van der Waals surface area contributed by atoms with E-state index in [1.54, 1.807) is 0 Å². The largest absolute Gasteiger partial charge is 0.374 e. The minimum absolute atomic E-state index is 0.539. The Balaban J connectivity index is 2.63. The maximum absolute atomic E-state index is 9.68. The van der Waals surface area contributed by atoms with Crippen molar-refractivity contribution in [3.05, 3.63) is 35.4 Å². The second-order valence-corrected chi connectivity index (χ2v) is 4.30. The molecule has 1 rings (SSSR count). The lowest BCUT2D eigenvalue weighted by Crippen LogP contribution is -2.19. The third-order valence-electron chi connectivity index (χ3n) is 2.34. The highest BCUT2D eigenvalue weighted by Crippen LogP contribution is 2.13. The van der Waals surface area contributed by atoms with Gasteiger partial charge in [-0.05, 0) is 30.0 Å². The minimum Gasteiger partial charge on any atom is -0.374 e. The van der Waals surface area contributed by atoms with Gasteiger partial charge < -0.3 is 5.11 Å². The summed E-state index contributed by atoms with van der Waals surface area (Å²) >= 11 is 0. The van der Waals surface area contributed by atoms with Crippen LogP contribution in [0.25, 0.3) is 0 Å². The van der Waals surface area contributed by atoms with Gasteiger partial charge in [-0.3, -0.25) is 5.32 Å². The first-order valence-electron chi connectivity index (χ1n) is 5.63. The molecule has 84 valence electrons. The normalized spacial score (nSPS) is 13.1. The maximum Gasteiger partial charge on any atom is 0.131 e. The average Bonchev–Trinajstić information content (AvgIpc) is 2.18. The zero-order valence-electron chi connectivity index (χ0n) is 9.83. The van der Waals surface area contributed by atoms with Crippen LogP contribution < -0.4 is 5.32 Å². The summed E-state index contributed by atoms with van der Waals surface area (Å²) in [5.74, 6) is 0.676. The van der Waals surface area contributed by atoms with Gasteiger partial charge in [0.05, 0.1) is 0 Å². The van der Waals surface area contributed by atoms with Crippen LogP contribution in [0.4, 0.5) is 0 Å². The Morgan fingerprint density at radius 3 is 2.27 bits per heavy atom. The molecule has 0 amide bonds. The van der Waals surface area contributed by atoms with E-state index in [1.807, 2.05) is 19.1 Å². The molecule has 0 bridgehead atoms. The first kappa shape index (κ1) is 12.2. The van der Waals surface area contributed by atoms with Crippen LogP contribution in [-0.4, -0.2) is 11.7 Å². The highest BCUT2D eigenvalue weighted by Gasteiger charge is 2.05. The summed E-state index contributed by atoms with van der Waals surface area (Å²) in [7, 11) is 0. The van der Waals surface area contributed by atoms with Crippen LogP contribution in [0.15, 0.2) is 24.3 Å². The van der Waals surface area contributed by atoms with Crippen LogP contribution in [-0.2, 0) is 6.42 Å². The van der Waals surface area contributed by atoms with E-state index in [0.717, 1.165) is 18.5 Å². The van der Waals surface area contributed by atoms with Gasteiger partial charge in [0.1, 0.15) is 6.23 Å². The van der Waals surface area contributed by atoms with Crippen molar-refractivity contribution in [1.82, 2.24) is 5.32 Å². The first-order chi connectivity index (χ1) is 7.13. The van der Waals surface area contributed by atoms with Crippen molar-refractivity contribution in [2.24, 2.45) is 5.92 Å². The summed E-state index contributed by atoms with van der Waals surface area (Å²) in [6.45, 7) is 7.17. The van der Waals surface area contributed by atoms with Crippen LogP contribution in [0.2, 0.25) is 0 Å². The first-order valence-corrected chi connectivity index (χ1v) is 5.63. The Morgan fingerprint density at radius 1 is 1.20 bits per heavy atom. The van der Waals surface area contributed by atoms with Crippen LogP contribution in [0.1, 0.15) is 38.1 Å². The van der Waals surface area contributed by atoms with E-state index in [2.05, 4.69) is 31.3 Å². The Labute approximate surface area is 92.3 Å². The highest BCUT2D eigenvalue weighted by molar-refractivity contribution is 5.24. The van der Waals surface area contributed by atoms with Gasteiger partial charge in [-0.2, -0.15) is 0 Å². The van der Waals surface area contributed by atoms with Crippen molar-refractivity contribution in [3.8, 4) is 0 Å². The fourth-order valence-electron chi connectivity index (χ4n) is 1.62. The molecule has 0 aliphatic heterocycles. The lowest BCUT2D eigenvalue weighted by molar-refractivity contribution is 0.141. The van der Waals surface area contributed by atoms with E-state index in [0.29, 0.717) is 5.92 Å². The maximum atomic E-state index is 9.68. The average molecular weight is 207 g/mol.